The predicted molar refractivity (Wildman–Crippen MR) is 61.2 cm³/mol. The molecule has 3 N–H and O–H groups in total. The second-order valence-corrected chi connectivity index (χ2v) is 3.17. The van der Waals surface area contributed by atoms with Crippen LogP contribution in [-0.2, 0) is 9.63 Å². The summed E-state index contributed by atoms with van der Waals surface area (Å²) in [5, 5.41) is 8.73. The summed E-state index contributed by atoms with van der Waals surface area (Å²) >= 11 is 0. The minimum atomic E-state index is -0.537. The number of nitrogens with two attached hydrogens (primary N) is 1. The Hall–Kier alpha value is -2.30. The molecule has 0 unspecified atom stereocenters. The Morgan fingerprint density at radius 2 is 2.28 bits per heavy atom. The molecule has 0 aliphatic carbocycles. The van der Waals surface area contributed by atoms with E-state index in [0.29, 0.717) is 17.1 Å². The molecule has 7 nitrogen and oxygen atoms in total. The Labute approximate surface area is 104 Å². The molecule has 7 heteroatoms. The topological polar surface area (TPSA) is 107 Å². The largest absolute Gasteiger partial charge is 0.493 e. The van der Waals surface area contributed by atoms with Crippen molar-refractivity contribution >= 4 is 5.97 Å². The first kappa shape index (κ1) is 13.8. The highest BCUT2D eigenvalue weighted by molar-refractivity contribution is 5.69. The molecule has 0 heterocycles. The molecular formula is C11H13N3O4. The van der Waals surface area contributed by atoms with Crippen LogP contribution >= 0.6 is 0 Å². The van der Waals surface area contributed by atoms with Crippen LogP contribution in [0.25, 0.3) is 0 Å². The lowest BCUT2D eigenvalue weighted by Crippen LogP contribution is -2.26. The molecule has 0 aliphatic heterocycles. The Balaban J connectivity index is 2.57. The summed E-state index contributed by atoms with van der Waals surface area (Å²) < 4.78 is 10.4. The van der Waals surface area contributed by atoms with Crippen LogP contribution in [0.15, 0.2) is 18.2 Å². The number of benzene rings is 1. The molecule has 0 amide bonds. The van der Waals surface area contributed by atoms with Gasteiger partial charge in [0.2, 0.25) is 0 Å². The molecule has 1 aromatic rings. The summed E-state index contributed by atoms with van der Waals surface area (Å²) in [5.41, 5.74) is 2.25. The zero-order valence-corrected chi connectivity index (χ0v) is 9.80. The molecule has 18 heavy (non-hydrogen) atoms. The maximum Gasteiger partial charge on any atom is 0.329 e. The predicted octanol–water partition coefficient (Wildman–Crippen LogP) is 0.257. The number of nitrogens with one attached hydrogen (secondary N) is 1. The van der Waals surface area contributed by atoms with E-state index in [1.54, 1.807) is 23.8 Å². The number of methoxy groups -OCH3 is 1. The van der Waals surface area contributed by atoms with E-state index < -0.39 is 5.97 Å². The van der Waals surface area contributed by atoms with Gasteiger partial charge in [-0.05, 0) is 12.1 Å². The van der Waals surface area contributed by atoms with Gasteiger partial charge in [0.25, 0.3) is 0 Å². The fourth-order valence-corrected chi connectivity index (χ4v) is 1.22. The smallest absolute Gasteiger partial charge is 0.329 e. The van der Waals surface area contributed by atoms with Crippen molar-refractivity contribution in [3.8, 4) is 17.6 Å². The maximum absolute atomic E-state index is 11.0. The van der Waals surface area contributed by atoms with Crippen LogP contribution < -0.4 is 20.9 Å². The fourth-order valence-electron chi connectivity index (χ4n) is 1.22. The van der Waals surface area contributed by atoms with Gasteiger partial charge in [0.1, 0.15) is 0 Å². The first-order valence-corrected chi connectivity index (χ1v) is 5.07. The highest BCUT2D eigenvalue weighted by atomic mass is 16.7. The van der Waals surface area contributed by atoms with E-state index in [4.69, 9.17) is 20.6 Å². The van der Waals surface area contributed by atoms with Gasteiger partial charge in [-0.1, -0.05) is 5.59 Å². The SMILES string of the molecule is COc1cc(C#N)ccc1OCCC(=O)ONN. The minimum absolute atomic E-state index is 0.0351. The van der Waals surface area contributed by atoms with Crippen LogP contribution in [0.4, 0.5) is 0 Å². The van der Waals surface area contributed by atoms with Crippen molar-refractivity contribution in [1.29, 1.82) is 5.26 Å². The van der Waals surface area contributed by atoms with Gasteiger partial charge in [0, 0.05) is 6.07 Å². The van der Waals surface area contributed by atoms with Crippen molar-refractivity contribution in [2.45, 2.75) is 6.42 Å². The van der Waals surface area contributed by atoms with Gasteiger partial charge in [-0.25, -0.2) is 5.84 Å². The molecule has 0 fully saturated rings. The van der Waals surface area contributed by atoms with Gasteiger partial charge in [-0.2, -0.15) is 5.26 Å². The highest BCUT2D eigenvalue weighted by Crippen LogP contribution is 2.27. The van der Waals surface area contributed by atoms with E-state index >= 15 is 0 Å². The summed E-state index contributed by atoms with van der Waals surface area (Å²) in [6.45, 7) is 0.114. The van der Waals surface area contributed by atoms with E-state index in [9.17, 15) is 4.79 Å². The van der Waals surface area contributed by atoms with Gasteiger partial charge < -0.3 is 14.3 Å². The average Bonchev–Trinajstić information content (AvgIpc) is 2.39. The number of ether oxygens (including phenoxy) is 2. The van der Waals surface area contributed by atoms with E-state index in [0.717, 1.165) is 0 Å². The lowest BCUT2D eigenvalue weighted by atomic mass is 10.2. The highest BCUT2D eigenvalue weighted by Gasteiger charge is 2.07. The van der Waals surface area contributed by atoms with Crippen molar-refractivity contribution in [1.82, 2.24) is 5.59 Å². The summed E-state index contributed by atoms with van der Waals surface area (Å²) in [6.07, 6.45) is 0.0351. The maximum atomic E-state index is 11.0. The molecule has 0 atom stereocenters. The number of hydrogen-bond acceptors (Lipinski definition) is 7. The van der Waals surface area contributed by atoms with Gasteiger partial charge in [-0.3, -0.25) is 4.79 Å². The summed E-state index contributed by atoms with van der Waals surface area (Å²) in [6, 6.07) is 6.73. The molecule has 1 aromatic carbocycles. The minimum Gasteiger partial charge on any atom is -0.493 e. The van der Waals surface area contributed by atoms with Crippen LogP contribution in [0, 0.1) is 11.3 Å². The summed E-state index contributed by atoms with van der Waals surface area (Å²) in [5.74, 6) is 5.15. The number of carbonyl (C=O) groups is 1. The average molecular weight is 251 g/mol. The van der Waals surface area contributed by atoms with E-state index in [1.807, 2.05) is 6.07 Å². The summed E-state index contributed by atoms with van der Waals surface area (Å²) in [7, 11) is 1.47. The first-order chi connectivity index (χ1) is 8.71. The number of nitriles is 1. The molecule has 0 aromatic heterocycles. The fraction of sp³-hybridized carbons (Fsp3) is 0.273. The van der Waals surface area contributed by atoms with Gasteiger partial charge in [0.05, 0.1) is 31.8 Å². The van der Waals surface area contributed by atoms with Crippen LogP contribution in [0.5, 0.6) is 11.5 Å². The normalized spacial score (nSPS) is 9.39. The van der Waals surface area contributed by atoms with Crippen molar-refractivity contribution < 1.29 is 19.1 Å². The Bertz CT molecular complexity index is 456. The molecule has 0 radical (unpaired) electrons. The lowest BCUT2D eigenvalue weighted by molar-refractivity contribution is -0.151. The van der Waals surface area contributed by atoms with Gasteiger partial charge >= 0.3 is 5.97 Å². The van der Waals surface area contributed by atoms with Crippen molar-refractivity contribution in [3.05, 3.63) is 23.8 Å². The number of rotatable bonds is 6. The Kier molecular flexibility index (Phi) is 5.44. The number of carbonyl (C=O) groups excluding carboxylic acids is 1. The Morgan fingerprint density at radius 1 is 1.50 bits per heavy atom. The molecule has 96 valence electrons. The Morgan fingerprint density at radius 3 is 2.89 bits per heavy atom. The second kappa shape index (κ2) is 7.11. The first-order valence-electron chi connectivity index (χ1n) is 5.07. The number of hydrogen-bond donors (Lipinski definition) is 2. The van der Waals surface area contributed by atoms with Gasteiger partial charge in [0.15, 0.2) is 11.5 Å². The molecule has 0 spiro atoms. The molecule has 0 aliphatic rings. The monoisotopic (exact) mass is 251 g/mol. The lowest BCUT2D eigenvalue weighted by Gasteiger charge is -2.10. The third kappa shape index (κ3) is 3.93. The van der Waals surface area contributed by atoms with Crippen molar-refractivity contribution in [2.24, 2.45) is 5.84 Å². The quantitative estimate of drug-likeness (QED) is 0.551. The molecule has 1 rings (SSSR count). The zero-order chi connectivity index (χ0) is 13.4. The number of hydrazine groups is 1. The molecule has 0 saturated heterocycles. The van der Waals surface area contributed by atoms with Crippen LogP contribution in [0.1, 0.15) is 12.0 Å². The third-order valence-corrected chi connectivity index (χ3v) is 2.03. The third-order valence-electron chi connectivity index (χ3n) is 2.03. The van der Waals surface area contributed by atoms with E-state index in [1.165, 1.54) is 7.11 Å². The molecular weight excluding hydrogens is 238 g/mol. The van der Waals surface area contributed by atoms with E-state index in [-0.39, 0.29) is 13.0 Å². The molecule has 0 bridgehead atoms. The zero-order valence-electron chi connectivity index (χ0n) is 9.80. The van der Waals surface area contributed by atoms with Gasteiger partial charge in [-0.15, -0.1) is 0 Å². The van der Waals surface area contributed by atoms with Crippen molar-refractivity contribution in [3.63, 3.8) is 0 Å². The van der Waals surface area contributed by atoms with Crippen LogP contribution in [0.3, 0.4) is 0 Å². The van der Waals surface area contributed by atoms with Crippen molar-refractivity contribution in [2.75, 3.05) is 13.7 Å². The second-order valence-electron chi connectivity index (χ2n) is 3.17. The van der Waals surface area contributed by atoms with Crippen LogP contribution in [0.2, 0.25) is 0 Å². The van der Waals surface area contributed by atoms with E-state index in [2.05, 4.69) is 4.84 Å². The molecule has 0 saturated carbocycles. The summed E-state index contributed by atoms with van der Waals surface area (Å²) in [4.78, 5) is 15.3. The van der Waals surface area contributed by atoms with Crippen LogP contribution in [-0.4, -0.2) is 19.7 Å². The standard InChI is InChI=1S/C11H13N3O4/c1-16-10-6-8(7-12)2-3-9(10)17-5-4-11(15)18-14-13/h2-3,6,14H,4-5,13H2,1H3. The number of nitrogens with zero attached hydrogens (tertiary/aromatic N) is 1.